The molecule has 0 rings (SSSR count). The van der Waals surface area contributed by atoms with Crippen LogP contribution in [0, 0.1) is 0 Å². The second-order valence-corrected chi connectivity index (χ2v) is 13.7. The molecular weight excluding hydrogens is 687 g/mol. The van der Waals surface area contributed by atoms with Crippen LogP contribution in [0.15, 0.2) is 158 Å². The smallest absolute Gasteiger partial charge is 0.220 e. The summed E-state index contributed by atoms with van der Waals surface area (Å²) < 4.78 is 0. The summed E-state index contributed by atoms with van der Waals surface area (Å²) in [6.07, 6.45) is 75.3. The number of nitrogens with one attached hydrogen (secondary N) is 1. The molecular formula is C52H79NO3. The van der Waals surface area contributed by atoms with E-state index in [1.165, 1.54) is 0 Å². The molecule has 0 aromatic heterocycles. The predicted molar refractivity (Wildman–Crippen MR) is 248 cm³/mol. The number of carbonyl (C=O) groups is 1. The van der Waals surface area contributed by atoms with Crippen molar-refractivity contribution in [1.29, 1.82) is 0 Å². The zero-order valence-corrected chi connectivity index (χ0v) is 35.3. The van der Waals surface area contributed by atoms with Gasteiger partial charge in [0.25, 0.3) is 0 Å². The van der Waals surface area contributed by atoms with Crippen LogP contribution in [-0.4, -0.2) is 34.9 Å². The second-order valence-electron chi connectivity index (χ2n) is 13.7. The summed E-state index contributed by atoms with van der Waals surface area (Å²) in [6.45, 7) is 4.04. The SMILES string of the molecule is CC/C=C\C/C=C\C/C=C\C/C=C\C/C=C\C/C=C\C/C=C\C/C=C\C/C=C\C/C=C\C/C=C\C/C=C\CCCCC(=O)NC(CO)C(O)/C=C/CCCCC. The fourth-order valence-corrected chi connectivity index (χ4v) is 5.21. The standard InChI is InChI=1S/C52H79NO3/c1-3-5-7-9-10-11-12-13-14-15-16-17-18-19-20-21-22-23-24-25-26-27-28-29-30-31-32-33-34-35-36-37-38-39-40-41-42-44-46-48-52(56)53-50(49-54)51(55)47-45-43-8-6-4-2/h5,7,10-11,13-14,16-17,19-20,22-23,25-26,28-29,31-32,34-35,37-38,40-41,45,47,50-51,54-55H,3-4,6,8-9,12,15,18,21,24,27,30,33,36,39,42-44,46,48-49H2,1-2H3,(H,53,56)/b7-5-,11-10-,14-13-,17-16-,20-19-,23-22-,26-25-,29-28-,32-31-,35-34-,38-37-,41-40-,47-45+. The molecule has 2 atom stereocenters. The monoisotopic (exact) mass is 766 g/mol. The van der Waals surface area contributed by atoms with E-state index in [1.54, 1.807) is 6.08 Å². The Morgan fingerprint density at radius 3 is 1.11 bits per heavy atom. The van der Waals surface area contributed by atoms with Crippen molar-refractivity contribution in [3.05, 3.63) is 158 Å². The van der Waals surface area contributed by atoms with Crippen molar-refractivity contribution in [3.8, 4) is 0 Å². The lowest BCUT2D eigenvalue weighted by Crippen LogP contribution is -2.45. The quantitative estimate of drug-likeness (QED) is 0.0439. The molecule has 0 aromatic carbocycles. The summed E-state index contributed by atoms with van der Waals surface area (Å²) >= 11 is 0. The summed E-state index contributed by atoms with van der Waals surface area (Å²) in [4.78, 5) is 12.2. The summed E-state index contributed by atoms with van der Waals surface area (Å²) in [6, 6.07) is -0.653. The molecule has 0 aromatic rings. The van der Waals surface area contributed by atoms with Crippen LogP contribution in [0.4, 0.5) is 0 Å². The molecule has 0 aliphatic heterocycles. The van der Waals surface area contributed by atoms with Crippen LogP contribution in [0.2, 0.25) is 0 Å². The van der Waals surface area contributed by atoms with Crippen LogP contribution in [-0.2, 0) is 4.79 Å². The van der Waals surface area contributed by atoms with Gasteiger partial charge in [0.05, 0.1) is 18.8 Å². The first kappa shape index (κ1) is 52.0. The largest absolute Gasteiger partial charge is 0.394 e. The highest BCUT2D eigenvalue weighted by molar-refractivity contribution is 5.76. The van der Waals surface area contributed by atoms with Gasteiger partial charge in [-0.2, -0.15) is 0 Å². The number of aliphatic hydroxyl groups excluding tert-OH is 2. The third kappa shape index (κ3) is 41.2. The van der Waals surface area contributed by atoms with Gasteiger partial charge in [0, 0.05) is 6.42 Å². The highest BCUT2D eigenvalue weighted by atomic mass is 16.3. The average molecular weight is 766 g/mol. The maximum Gasteiger partial charge on any atom is 0.220 e. The molecule has 0 aliphatic rings. The minimum atomic E-state index is -0.864. The molecule has 4 nitrogen and oxygen atoms in total. The third-order valence-corrected chi connectivity index (χ3v) is 8.52. The van der Waals surface area contributed by atoms with Crippen molar-refractivity contribution in [1.82, 2.24) is 5.32 Å². The van der Waals surface area contributed by atoms with Crippen LogP contribution in [0.25, 0.3) is 0 Å². The Hall–Kier alpha value is -3.99. The van der Waals surface area contributed by atoms with Crippen molar-refractivity contribution < 1.29 is 15.0 Å². The molecule has 2 unspecified atom stereocenters. The lowest BCUT2D eigenvalue weighted by molar-refractivity contribution is -0.123. The third-order valence-electron chi connectivity index (χ3n) is 8.52. The molecule has 0 saturated carbocycles. The molecule has 310 valence electrons. The van der Waals surface area contributed by atoms with Gasteiger partial charge in [0.15, 0.2) is 0 Å². The number of carbonyl (C=O) groups excluding carboxylic acids is 1. The van der Waals surface area contributed by atoms with Crippen LogP contribution in [0.5, 0.6) is 0 Å². The van der Waals surface area contributed by atoms with Gasteiger partial charge < -0.3 is 15.5 Å². The topological polar surface area (TPSA) is 69.6 Å². The van der Waals surface area contributed by atoms with Crippen molar-refractivity contribution in [2.45, 2.75) is 154 Å². The molecule has 0 heterocycles. The van der Waals surface area contributed by atoms with Gasteiger partial charge >= 0.3 is 0 Å². The first-order valence-corrected chi connectivity index (χ1v) is 21.7. The zero-order chi connectivity index (χ0) is 40.7. The van der Waals surface area contributed by atoms with Crippen LogP contribution < -0.4 is 5.32 Å². The van der Waals surface area contributed by atoms with Gasteiger partial charge in [-0.25, -0.2) is 0 Å². The van der Waals surface area contributed by atoms with Gasteiger partial charge in [-0.3, -0.25) is 4.79 Å². The van der Waals surface area contributed by atoms with Crippen LogP contribution in [0.1, 0.15) is 142 Å². The van der Waals surface area contributed by atoms with Gasteiger partial charge in [-0.1, -0.05) is 185 Å². The van der Waals surface area contributed by atoms with Crippen molar-refractivity contribution >= 4 is 5.91 Å². The number of unbranched alkanes of at least 4 members (excludes halogenated alkanes) is 5. The molecule has 0 aliphatic carbocycles. The minimum Gasteiger partial charge on any atom is -0.394 e. The molecule has 0 spiro atoms. The van der Waals surface area contributed by atoms with E-state index < -0.39 is 12.1 Å². The van der Waals surface area contributed by atoms with Gasteiger partial charge in [-0.05, 0) is 109 Å². The molecule has 0 fully saturated rings. The molecule has 0 saturated heterocycles. The van der Waals surface area contributed by atoms with Crippen molar-refractivity contribution in [2.75, 3.05) is 6.61 Å². The summed E-state index contributed by atoms with van der Waals surface area (Å²) in [7, 11) is 0. The number of amides is 1. The van der Waals surface area contributed by atoms with E-state index in [1.807, 2.05) is 6.08 Å². The normalized spacial score (nSPS) is 14.6. The number of hydrogen-bond acceptors (Lipinski definition) is 3. The summed E-state index contributed by atoms with van der Waals surface area (Å²) in [5, 5.41) is 22.5. The Morgan fingerprint density at radius 2 is 0.768 bits per heavy atom. The van der Waals surface area contributed by atoms with E-state index in [9.17, 15) is 15.0 Å². The highest BCUT2D eigenvalue weighted by Gasteiger charge is 2.17. The van der Waals surface area contributed by atoms with E-state index in [4.69, 9.17) is 0 Å². The molecule has 1 amide bonds. The Morgan fingerprint density at radius 1 is 0.446 bits per heavy atom. The first-order chi connectivity index (χ1) is 27.7. The fraction of sp³-hybridized carbons (Fsp3) is 0.481. The van der Waals surface area contributed by atoms with E-state index in [-0.39, 0.29) is 12.5 Å². The Labute approximate surface area is 344 Å². The van der Waals surface area contributed by atoms with E-state index in [0.717, 1.165) is 122 Å². The number of allylic oxidation sites excluding steroid dienone is 25. The van der Waals surface area contributed by atoms with E-state index in [0.29, 0.717) is 6.42 Å². The van der Waals surface area contributed by atoms with E-state index in [2.05, 4.69) is 165 Å². The lowest BCUT2D eigenvalue weighted by atomic mass is 10.1. The van der Waals surface area contributed by atoms with Crippen LogP contribution >= 0.6 is 0 Å². The second kappa shape index (κ2) is 45.4. The number of rotatable bonds is 36. The number of aliphatic hydroxyl groups is 2. The highest BCUT2D eigenvalue weighted by Crippen LogP contribution is 2.06. The minimum absolute atomic E-state index is 0.123. The Bertz CT molecular complexity index is 1280. The zero-order valence-electron chi connectivity index (χ0n) is 35.3. The number of hydrogen-bond donors (Lipinski definition) is 3. The Kier molecular flexibility index (Phi) is 42.2. The molecule has 56 heavy (non-hydrogen) atoms. The summed E-state index contributed by atoms with van der Waals surface area (Å²) in [5.41, 5.74) is 0. The average Bonchev–Trinajstić information content (AvgIpc) is 3.20. The molecule has 0 radical (unpaired) electrons. The molecule has 4 heteroatoms. The first-order valence-electron chi connectivity index (χ1n) is 21.7. The Balaban J connectivity index is 3.74. The maximum atomic E-state index is 12.2. The van der Waals surface area contributed by atoms with E-state index >= 15 is 0 Å². The lowest BCUT2D eigenvalue weighted by Gasteiger charge is -2.19. The van der Waals surface area contributed by atoms with Gasteiger partial charge in [0.2, 0.25) is 5.91 Å². The fourth-order valence-electron chi connectivity index (χ4n) is 5.21. The van der Waals surface area contributed by atoms with Crippen molar-refractivity contribution in [2.24, 2.45) is 0 Å². The predicted octanol–water partition coefficient (Wildman–Crippen LogP) is 13.9. The summed E-state index contributed by atoms with van der Waals surface area (Å²) in [5.74, 6) is -0.123. The van der Waals surface area contributed by atoms with Gasteiger partial charge in [0.1, 0.15) is 0 Å². The van der Waals surface area contributed by atoms with Crippen molar-refractivity contribution in [3.63, 3.8) is 0 Å². The molecule has 3 N–H and O–H groups in total. The van der Waals surface area contributed by atoms with Crippen LogP contribution in [0.3, 0.4) is 0 Å². The molecule has 0 bridgehead atoms. The van der Waals surface area contributed by atoms with Gasteiger partial charge in [-0.15, -0.1) is 0 Å². The maximum absolute atomic E-state index is 12.2.